The van der Waals surface area contributed by atoms with Gasteiger partial charge >= 0.3 is 5.97 Å². The first-order valence-corrected chi connectivity index (χ1v) is 10.7. The van der Waals surface area contributed by atoms with Crippen molar-refractivity contribution in [2.24, 2.45) is 5.92 Å². The number of aliphatic carboxylic acids is 1. The van der Waals surface area contributed by atoms with Crippen molar-refractivity contribution in [2.75, 3.05) is 20.3 Å². The molecule has 32 heavy (non-hydrogen) atoms. The van der Waals surface area contributed by atoms with E-state index in [1.807, 2.05) is 41.3 Å². The summed E-state index contributed by atoms with van der Waals surface area (Å²) in [5.41, 5.74) is 2.61. The lowest BCUT2D eigenvalue weighted by Gasteiger charge is -2.12. The molecule has 0 aliphatic heterocycles. The Balaban J connectivity index is 1.78. The summed E-state index contributed by atoms with van der Waals surface area (Å²) >= 11 is 0. The number of rotatable bonds is 12. The second-order valence-electron chi connectivity index (χ2n) is 8.03. The highest BCUT2D eigenvalue weighted by atomic mass is 16.5. The van der Waals surface area contributed by atoms with Crippen molar-refractivity contribution in [3.05, 3.63) is 60.4 Å². The number of ether oxygens (including phenoxy) is 3. The van der Waals surface area contributed by atoms with Crippen LogP contribution in [0.4, 0.5) is 0 Å². The van der Waals surface area contributed by atoms with Crippen LogP contribution in [0.2, 0.25) is 0 Å². The number of benzene rings is 2. The Morgan fingerprint density at radius 2 is 1.88 bits per heavy atom. The first kappa shape index (κ1) is 23.3. The molecule has 0 bridgehead atoms. The fraction of sp³-hybridized carbons (Fsp3) is 0.360. The van der Waals surface area contributed by atoms with E-state index in [2.05, 4.69) is 18.9 Å². The first-order valence-electron chi connectivity index (χ1n) is 10.7. The third-order valence-corrected chi connectivity index (χ3v) is 4.82. The maximum Gasteiger partial charge on any atom is 0.307 e. The van der Waals surface area contributed by atoms with Gasteiger partial charge in [-0.1, -0.05) is 26.0 Å². The Hall–Kier alpha value is -3.32. The zero-order valence-electron chi connectivity index (χ0n) is 18.8. The number of aryl methyl sites for hydroxylation is 1. The van der Waals surface area contributed by atoms with Crippen LogP contribution in [-0.4, -0.2) is 41.2 Å². The van der Waals surface area contributed by atoms with Crippen LogP contribution in [0.5, 0.6) is 17.2 Å². The van der Waals surface area contributed by atoms with Crippen LogP contribution in [-0.2, 0) is 22.5 Å². The minimum atomic E-state index is -0.915. The molecule has 0 aliphatic carbocycles. The minimum absolute atomic E-state index is 0.118. The topological polar surface area (TPSA) is 82.8 Å². The molecule has 0 saturated carbocycles. The molecule has 0 radical (unpaired) electrons. The summed E-state index contributed by atoms with van der Waals surface area (Å²) in [5, 5.41) is 13.6. The van der Waals surface area contributed by atoms with Crippen molar-refractivity contribution in [1.82, 2.24) is 9.78 Å². The van der Waals surface area contributed by atoms with Crippen molar-refractivity contribution in [1.29, 1.82) is 0 Å². The second-order valence-corrected chi connectivity index (χ2v) is 8.03. The Morgan fingerprint density at radius 1 is 1.06 bits per heavy atom. The third-order valence-electron chi connectivity index (χ3n) is 4.82. The summed E-state index contributed by atoms with van der Waals surface area (Å²) in [5.74, 6) is 1.41. The van der Waals surface area contributed by atoms with Crippen molar-refractivity contribution in [3.63, 3.8) is 0 Å². The molecular formula is C25H30N2O5. The van der Waals surface area contributed by atoms with Gasteiger partial charge in [0.05, 0.1) is 19.2 Å². The summed E-state index contributed by atoms with van der Waals surface area (Å²) in [6.45, 7) is 6.08. The summed E-state index contributed by atoms with van der Waals surface area (Å²) < 4.78 is 18.7. The maximum absolute atomic E-state index is 11.2. The molecule has 1 aromatic heterocycles. The summed E-state index contributed by atoms with van der Waals surface area (Å²) in [4.78, 5) is 11.2. The number of methoxy groups -OCH3 is 1. The van der Waals surface area contributed by atoms with Gasteiger partial charge in [0.15, 0.2) is 0 Å². The van der Waals surface area contributed by atoms with Gasteiger partial charge in [0, 0.05) is 31.5 Å². The molecule has 0 atom stereocenters. The molecule has 3 aromatic rings. The predicted molar refractivity (Wildman–Crippen MR) is 122 cm³/mol. The molecule has 7 heteroatoms. The average Bonchev–Trinajstić information content (AvgIpc) is 3.21. The lowest BCUT2D eigenvalue weighted by atomic mass is 10.1. The van der Waals surface area contributed by atoms with Crippen LogP contribution < -0.4 is 9.47 Å². The van der Waals surface area contributed by atoms with E-state index in [0.717, 1.165) is 24.1 Å². The Bertz CT molecular complexity index is 1030. The number of hydrogen-bond donors (Lipinski definition) is 1. The largest absolute Gasteiger partial charge is 0.491 e. The highest BCUT2D eigenvalue weighted by Gasteiger charge is 2.09. The number of carbonyl (C=O) groups is 1. The molecule has 0 aliphatic rings. The molecule has 0 amide bonds. The van der Waals surface area contributed by atoms with Crippen molar-refractivity contribution in [2.45, 2.75) is 33.2 Å². The van der Waals surface area contributed by atoms with Crippen LogP contribution in [0.1, 0.15) is 25.8 Å². The molecule has 2 aromatic carbocycles. The smallest absolute Gasteiger partial charge is 0.307 e. The zero-order valence-corrected chi connectivity index (χ0v) is 18.8. The highest BCUT2D eigenvalue weighted by molar-refractivity contribution is 5.70. The van der Waals surface area contributed by atoms with E-state index in [0.29, 0.717) is 41.9 Å². The molecule has 3 rings (SSSR count). The lowest BCUT2D eigenvalue weighted by molar-refractivity contribution is -0.136. The predicted octanol–water partition coefficient (Wildman–Crippen LogP) is 5.04. The summed E-state index contributed by atoms with van der Waals surface area (Å²) in [6, 6.07) is 12.9. The van der Waals surface area contributed by atoms with Gasteiger partial charge in [-0.25, -0.2) is 0 Å². The number of nitrogens with zero attached hydrogens (tertiary/aromatic N) is 2. The van der Waals surface area contributed by atoms with Crippen LogP contribution in [0.25, 0.3) is 11.1 Å². The molecule has 170 valence electrons. The molecular weight excluding hydrogens is 408 g/mol. The monoisotopic (exact) mass is 438 g/mol. The number of carboxylic acid groups (broad SMARTS) is 1. The lowest BCUT2D eigenvalue weighted by Crippen LogP contribution is -2.06. The Kier molecular flexibility index (Phi) is 8.27. The molecule has 0 fully saturated rings. The highest BCUT2D eigenvalue weighted by Crippen LogP contribution is 2.30. The Labute approximate surface area is 188 Å². The molecule has 1 N–H and O–H groups in total. The van der Waals surface area contributed by atoms with Crippen LogP contribution >= 0.6 is 0 Å². The van der Waals surface area contributed by atoms with Gasteiger partial charge in [-0.15, -0.1) is 0 Å². The molecule has 0 saturated heterocycles. The number of hydrogen-bond acceptors (Lipinski definition) is 5. The second kappa shape index (κ2) is 11.3. The van der Waals surface area contributed by atoms with Crippen molar-refractivity contribution >= 4 is 5.97 Å². The van der Waals surface area contributed by atoms with E-state index in [9.17, 15) is 9.90 Å². The number of aromatic nitrogens is 2. The zero-order chi connectivity index (χ0) is 22.9. The fourth-order valence-corrected chi connectivity index (χ4v) is 3.19. The quantitative estimate of drug-likeness (QED) is 0.399. The van der Waals surface area contributed by atoms with E-state index in [1.54, 1.807) is 25.3 Å². The standard InChI is InChI=1S/C25H30N2O5/c1-18(2)7-8-27-17-21(16-26-27)20-5-4-6-22(14-20)32-24-12-19(13-25(28)29)11-23(15-24)31-10-9-30-3/h4-6,11-12,14-18H,7-10,13H2,1-3H3,(H,28,29). The van der Waals surface area contributed by atoms with Crippen LogP contribution in [0.15, 0.2) is 54.9 Å². The van der Waals surface area contributed by atoms with E-state index >= 15 is 0 Å². The van der Waals surface area contributed by atoms with E-state index in [1.165, 1.54) is 0 Å². The number of carboxylic acids is 1. The van der Waals surface area contributed by atoms with Gasteiger partial charge < -0.3 is 19.3 Å². The molecule has 7 nitrogen and oxygen atoms in total. The average molecular weight is 439 g/mol. The van der Waals surface area contributed by atoms with Gasteiger partial charge in [-0.05, 0) is 47.7 Å². The normalized spacial score (nSPS) is 11.0. The third kappa shape index (κ3) is 7.13. The van der Waals surface area contributed by atoms with Gasteiger partial charge in [0.25, 0.3) is 0 Å². The van der Waals surface area contributed by atoms with Gasteiger partial charge in [-0.2, -0.15) is 5.10 Å². The van der Waals surface area contributed by atoms with Crippen molar-refractivity contribution < 1.29 is 24.1 Å². The van der Waals surface area contributed by atoms with Crippen molar-refractivity contribution in [3.8, 4) is 28.4 Å². The van der Waals surface area contributed by atoms with Gasteiger partial charge in [0.2, 0.25) is 0 Å². The van der Waals surface area contributed by atoms with E-state index in [4.69, 9.17) is 14.2 Å². The summed E-state index contributed by atoms with van der Waals surface area (Å²) in [6.07, 6.45) is 4.85. The Morgan fingerprint density at radius 3 is 2.62 bits per heavy atom. The molecule has 0 spiro atoms. The van der Waals surface area contributed by atoms with Crippen LogP contribution in [0, 0.1) is 5.92 Å². The van der Waals surface area contributed by atoms with E-state index < -0.39 is 5.97 Å². The van der Waals surface area contributed by atoms with Gasteiger partial charge in [0.1, 0.15) is 23.9 Å². The fourth-order valence-electron chi connectivity index (χ4n) is 3.19. The minimum Gasteiger partial charge on any atom is -0.491 e. The molecule has 0 unspecified atom stereocenters. The van der Waals surface area contributed by atoms with Gasteiger partial charge in [-0.3, -0.25) is 9.48 Å². The summed E-state index contributed by atoms with van der Waals surface area (Å²) in [7, 11) is 1.60. The first-order chi connectivity index (χ1) is 15.4. The molecule has 1 heterocycles. The van der Waals surface area contributed by atoms with E-state index in [-0.39, 0.29) is 6.42 Å². The maximum atomic E-state index is 11.2. The van der Waals surface area contributed by atoms with Crippen LogP contribution in [0.3, 0.4) is 0 Å². The SMILES string of the molecule is COCCOc1cc(CC(=O)O)cc(Oc2cccc(-c3cnn(CCC(C)C)c3)c2)c1.